The number of ketones is 1. The number of carbonyl (C=O) groups excluding carboxylic acids is 2. The fraction of sp³-hybridized carbons (Fsp3) is 0.643. The van der Waals surface area contributed by atoms with E-state index in [1.54, 1.807) is 6.08 Å². The average molecular weight is 711 g/mol. The Kier molecular flexibility index (Phi) is 8.29. The van der Waals surface area contributed by atoms with Crippen LogP contribution in [0.2, 0.25) is 0 Å². The van der Waals surface area contributed by atoms with Crippen molar-refractivity contribution in [3.8, 4) is 0 Å². The summed E-state index contributed by atoms with van der Waals surface area (Å²) in [7, 11) is 0. The molecule has 1 amide bonds. The fourth-order valence-electron chi connectivity index (χ4n) is 7.10. The van der Waals surface area contributed by atoms with Crippen LogP contribution in [0.25, 0.3) is 0 Å². The molecule has 0 spiro atoms. The molecule has 36 heavy (non-hydrogen) atoms. The number of fused-ring (bicyclic) bond motifs is 5. The summed E-state index contributed by atoms with van der Waals surface area (Å²) >= 11 is 0. The van der Waals surface area contributed by atoms with Crippen LogP contribution in [-0.2, 0) is 25.5 Å². The smallest absolute Gasteiger partial charge is 0.207 e. The summed E-state index contributed by atoms with van der Waals surface area (Å²) in [6.07, 6.45) is 3.65. The zero-order valence-corrected chi connectivity index (χ0v) is 26.2. The van der Waals surface area contributed by atoms with Crippen LogP contribution in [0.5, 0.6) is 0 Å². The third kappa shape index (κ3) is 5.03. The maximum absolute atomic E-state index is 12.9. The number of aliphatic hydroxyl groups is 2. The Bertz CT molecular complexity index is 1000. The second-order valence-corrected chi connectivity index (χ2v) is 11.5. The maximum atomic E-state index is 12.9. The molecule has 193 valence electrons. The van der Waals surface area contributed by atoms with E-state index in [0.29, 0.717) is 12.8 Å². The van der Waals surface area contributed by atoms with Gasteiger partial charge in [-0.15, -0.1) is 0 Å². The molecule has 1 radical (unpaired) electrons. The molecule has 5 rings (SSSR count). The summed E-state index contributed by atoms with van der Waals surface area (Å²) in [5.41, 5.74) is -0.933. The molecule has 3 fully saturated rings. The van der Waals surface area contributed by atoms with E-state index >= 15 is 0 Å². The molecule has 1 aromatic carbocycles. The van der Waals surface area contributed by atoms with Crippen molar-refractivity contribution < 1.29 is 73.3 Å². The van der Waals surface area contributed by atoms with Gasteiger partial charge >= 0.3 is 0 Å². The number of hydrogen-bond donors (Lipinski definition) is 3. The van der Waals surface area contributed by atoms with Crippen LogP contribution in [0.15, 0.2) is 42.5 Å². The number of Topliss-reactive ketones (excluding diaryl/α,β-unsaturated/α-hetero) is 1. The number of aliphatic hydroxyl groups excluding tert-OH is 1. The molecule has 2 saturated heterocycles. The molecule has 12 unspecified atom stereocenters. The van der Waals surface area contributed by atoms with E-state index in [9.17, 15) is 19.8 Å². The van der Waals surface area contributed by atoms with Gasteiger partial charge in [-0.1, -0.05) is 50.3 Å². The topological polar surface area (TPSA) is 112 Å². The van der Waals surface area contributed by atoms with Crippen molar-refractivity contribution in [2.45, 2.75) is 82.2 Å². The zero-order chi connectivity index (χ0) is 25.1. The number of nitrogens with one attached hydrogen (secondary N) is 1. The molecule has 4 aliphatic rings. The van der Waals surface area contributed by atoms with Gasteiger partial charge < -0.3 is 25.0 Å². The third-order valence-electron chi connectivity index (χ3n) is 9.20. The van der Waals surface area contributed by atoms with E-state index in [1.807, 2.05) is 37.3 Å². The van der Waals surface area contributed by atoms with Crippen LogP contribution >= 0.6 is 0 Å². The summed E-state index contributed by atoms with van der Waals surface area (Å²) in [5.74, 6) is -1.06. The van der Waals surface area contributed by atoms with Crippen LogP contribution in [0.4, 0.5) is 0 Å². The average Bonchev–Trinajstić information content (AvgIpc) is 3.73. The second kappa shape index (κ2) is 10.5. The van der Waals surface area contributed by atoms with Gasteiger partial charge in [0.25, 0.3) is 0 Å². The molecule has 2 aliphatic carbocycles. The molecule has 1 aromatic rings. The largest absolute Gasteiger partial charge is 0.389 e. The number of carbonyl (C=O) groups is 2. The minimum Gasteiger partial charge on any atom is -0.389 e. The van der Waals surface area contributed by atoms with Gasteiger partial charge in [0.15, 0.2) is 5.78 Å². The molecule has 8 heteroatoms. The second-order valence-electron chi connectivity index (χ2n) is 11.5. The van der Waals surface area contributed by atoms with E-state index < -0.39 is 11.7 Å². The number of rotatable bonds is 5. The third-order valence-corrected chi connectivity index (χ3v) is 9.20. The number of hydrogen-bond acceptors (Lipinski definition) is 6. The van der Waals surface area contributed by atoms with Crippen LogP contribution in [0.3, 0.4) is 0 Å². The van der Waals surface area contributed by atoms with Crippen molar-refractivity contribution in [3.05, 3.63) is 48.0 Å². The van der Waals surface area contributed by atoms with E-state index in [0.717, 1.165) is 12.0 Å². The zero-order valence-electron chi connectivity index (χ0n) is 21.4. The summed E-state index contributed by atoms with van der Waals surface area (Å²) in [5, 5.41) is 25.5. The van der Waals surface area contributed by atoms with Gasteiger partial charge in [0.1, 0.15) is 5.60 Å². The van der Waals surface area contributed by atoms with Gasteiger partial charge in [0.2, 0.25) is 6.41 Å². The molecule has 7 nitrogen and oxygen atoms in total. The van der Waals surface area contributed by atoms with Gasteiger partial charge in [-0.3, -0.25) is 9.59 Å². The first kappa shape index (κ1) is 28.4. The van der Waals surface area contributed by atoms with Gasteiger partial charge in [-0.2, -0.15) is 0 Å². The minimum atomic E-state index is -1.67. The molecule has 2 heterocycles. The van der Waals surface area contributed by atoms with Crippen LogP contribution < -0.4 is 5.32 Å². The quantitative estimate of drug-likeness (QED) is 0.245. The maximum Gasteiger partial charge on any atom is 0.207 e. The summed E-state index contributed by atoms with van der Waals surface area (Å²) in [6.45, 7) is 7.56. The van der Waals surface area contributed by atoms with Crippen molar-refractivity contribution in [3.63, 3.8) is 0 Å². The molecule has 0 aromatic heterocycles. The van der Waals surface area contributed by atoms with Gasteiger partial charge in [0, 0.05) is 67.9 Å². The Morgan fingerprint density at radius 1 is 1.19 bits per heavy atom. The van der Waals surface area contributed by atoms with Crippen molar-refractivity contribution in [1.82, 2.24) is 5.32 Å². The SMILES string of the molecule is CC1CC2OC2C2C(C(O)/C=C/C(C)(O)C1=O)C(C(Cc1ccccc1)NC=O)C(C)C1(C)OC21.[Ac]. The fourth-order valence-corrected chi connectivity index (χ4v) is 7.10. The Balaban J connectivity index is 0.00000304. The van der Waals surface area contributed by atoms with E-state index in [4.69, 9.17) is 9.47 Å². The minimum absolute atomic E-state index is 0. The van der Waals surface area contributed by atoms with Crippen molar-refractivity contribution >= 4 is 12.2 Å². The number of amides is 1. The molecular weight excluding hydrogens is 673 g/mol. The predicted octanol–water partition coefficient (Wildman–Crippen LogP) is 2.04. The standard InChI is InChI=1S/C28H37NO6.Ac/c1-15-12-20-24(34-20)23-22(19(31)10-11-27(3,33)25(15)32)21(16(2)28(4)26(23)35-28)18(29-14-30)13-17-8-6-5-7-9-17;/h5-11,14-16,18-24,26,31,33H,12-13H2,1-4H3,(H,29,30);/b11-10+;. The van der Waals surface area contributed by atoms with E-state index in [-0.39, 0.29) is 109 Å². The summed E-state index contributed by atoms with van der Waals surface area (Å²) < 4.78 is 12.5. The molecule has 12 atom stereocenters. The van der Waals surface area contributed by atoms with Crippen LogP contribution in [0.1, 0.15) is 39.7 Å². The van der Waals surface area contributed by atoms with Crippen molar-refractivity contribution in [1.29, 1.82) is 0 Å². The molecule has 3 N–H and O–H groups in total. The monoisotopic (exact) mass is 710 g/mol. The van der Waals surface area contributed by atoms with E-state index in [2.05, 4.69) is 19.2 Å². The van der Waals surface area contributed by atoms with Gasteiger partial charge in [-0.05, 0) is 50.2 Å². The molecule has 2 aliphatic heterocycles. The summed E-state index contributed by atoms with van der Waals surface area (Å²) in [6, 6.07) is 9.78. The summed E-state index contributed by atoms with van der Waals surface area (Å²) in [4.78, 5) is 24.7. The Labute approximate surface area is 248 Å². The van der Waals surface area contributed by atoms with Crippen molar-refractivity contribution in [2.24, 2.45) is 29.6 Å². The van der Waals surface area contributed by atoms with E-state index in [1.165, 1.54) is 13.0 Å². The molecule has 0 bridgehead atoms. The molecular formula is C28H37AcNO6. The predicted molar refractivity (Wildman–Crippen MR) is 129 cm³/mol. The Morgan fingerprint density at radius 3 is 2.56 bits per heavy atom. The first-order chi connectivity index (χ1) is 16.6. The van der Waals surface area contributed by atoms with Crippen molar-refractivity contribution in [2.75, 3.05) is 0 Å². The Morgan fingerprint density at radius 2 is 1.89 bits per heavy atom. The first-order valence-corrected chi connectivity index (χ1v) is 12.8. The van der Waals surface area contributed by atoms with Gasteiger partial charge in [0.05, 0.1) is 30.0 Å². The van der Waals surface area contributed by atoms with Gasteiger partial charge in [-0.25, -0.2) is 0 Å². The van der Waals surface area contributed by atoms with Crippen LogP contribution in [0, 0.1) is 73.7 Å². The van der Waals surface area contributed by atoms with Crippen LogP contribution in [-0.4, -0.2) is 64.1 Å². The first-order valence-electron chi connectivity index (χ1n) is 12.8. The number of ether oxygens (including phenoxy) is 2. The number of benzene rings is 1. The Hall–Kier alpha value is -0.618. The number of epoxide rings is 2. The molecule has 1 saturated carbocycles. The normalized spacial score (nSPS) is 46.9.